The zero-order valence-corrected chi connectivity index (χ0v) is 28.5. The fraction of sp³-hybridized carbons (Fsp3) is 0.559. The highest BCUT2D eigenvalue weighted by molar-refractivity contribution is 5.89. The molecule has 3 heterocycles. The zero-order chi connectivity index (χ0) is 36.8. The van der Waals surface area contributed by atoms with Gasteiger partial charge in [-0.2, -0.15) is 0 Å². The average molecular weight is 702 g/mol. The minimum atomic E-state index is -2.36. The number of carbonyl (C=O) groups excluding carboxylic acids is 6. The summed E-state index contributed by atoms with van der Waals surface area (Å²) in [6.45, 7) is 7.94. The van der Waals surface area contributed by atoms with Gasteiger partial charge in [0.15, 0.2) is 17.8 Å². The largest absolute Gasteiger partial charge is 0.472 e. The highest BCUT2D eigenvalue weighted by Gasteiger charge is 2.89. The molecule has 2 aromatic rings. The lowest BCUT2D eigenvalue weighted by molar-refractivity contribution is -0.362. The maximum absolute atomic E-state index is 13.9. The van der Waals surface area contributed by atoms with Gasteiger partial charge in [0.05, 0.1) is 34.5 Å². The van der Waals surface area contributed by atoms with E-state index in [0.717, 1.165) is 34.0 Å². The fourth-order valence-corrected chi connectivity index (χ4v) is 8.15. The summed E-state index contributed by atoms with van der Waals surface area (Å²) in [7, 11) is 0. The minimum Gasteiger partial charge on any atom is -0.472 e. The number of esters is 6. The molecule has 0 amide bonds. The van der Waals surface area contributed by atoms with Gasteiger partial charge in [0.2, 0.25) is 0 Å². The third kappa shape index (κ3) is 5.99. The van der Waals surface area contributed by atoms with Crippen LogP contribution in [-0.4, -0.2) is 99.8 Å². The van der Waals surface area contributed by atoms with Crippen LogP contribution in [-0.2, 0) is 52.3 Å². The second-order valence-electron chi connectivity index (χ2n) is 13.4. The summed E-state index contributed by atoms with van der Waals surface area (Å²) in [5.74, 6) is -6.59. The van der Waals surface area contributed by atoms with Gasteiger partial charge < -0.3 is 42.7 Å². The first-order valence-corrected chi connectivity index (χ1v) is 15.8. The highest BCUT2D eigenvalue weighted by atomic mass is 16.7. The van der Waals surface area contributed by atoms with E-state index in [1.807, 2.05) is 0 Å². The van der Waals surface area contributed by atoms with Crippen molar-refractivity contribution in [3.05, 3.63) is 54.2 Å². The maximum atomic E-state index is 13.9. The summed E-state index contributed by atoms with van der Waals surface area (Å²) in [6.07, 6.45) is -3.72. The van der Waals surface area contributed by atoms with E-state index in [1.165, 1.54) is 43.8 Å². The Morgan fingerprint density at radius 2 is 1.46 bits per heavy atom. The Balaban J connectivity index is 1.89. The van der Waals surface area contributed by atoms with Gasteiger partial charge in [-0.15, -0.1) is 0 Å². The van der Waals surface area contributed by atoms with Crippen LogP contribution < -0.4 is 0 Å². The van der Waals surface area contributed by atoms with E-state index in [0.29, 0.717) is 0 Å². The van der Waals surface area contributed by atoms with Gasteiger partial charge in [-0.25, -0.2) is 9.59 Å². The second kappa shape index (κ2) is 13.1. The molecule has 3 aliphatic rings. The quantitative estimate of drug-likeness (QED) is 0.293. The van der Waals surface area contributed by atoms with Crippen LogP contribution in [0.1, 0.15) is 75.6 Å². The predicted octanol–water partition coefficient (Wildman–Crippen LogP) is 2.10. The third-order valence-corrected chi connectivity index (χ3v) is 9.58. The van der Waals surface area contributed by atoms with Gasteiger partial charge in [-0.1, -0.05) is 0 Å². The topological polar surface area (TPSA) is 213 Å². The second-order valence-corrected chi connectivity index (χ2v) is 13.4. The SMILES string of the molecule is CC(=O)O[C@@H]1[C@@H]2[C@@H](OC(C)=O)[C@@]3(OC2(C)C)[C@](COC(=O)c2cccnc2)([C@H]1OC(=O)c1ccoc1)[C@@H](OC(C)=O)[C@@H](OC(C)=O)C[C@]3(C)O. The molecule has 1 spiro atoms. The molecule has 2 aromatic heterocycles. The minimum absolute atomic E-state index is 0.0116. The molecule has 270 valence electrons. The number of pyridine rings is 1. The van der Waals surface area contributed by atoms with Crippen LogP contribution in [0.2, 0.25) is 0 Å². The number of ether oxygens (including phenoxy) is 7. The highest BCUT2D eigenvalue weighted by Crippen LogP contribution is 2.69. The van der Waals surface area contributed by atoms with Crippen molar-refractivity contribution in [3.63, 3.8) is 0 Å². The molecule has 9 atom stereocenters. The third-order valence-electron chi connectivity index (χ3n) is 9.58. The summed E-state index contributed by atoms with van der Waals surface area (Å²) in [5, 5.41) is 12.7. The van der Waals surface area contributed by atoms with Crippen LogP contribution in [0.3, 0.4) is 0 Å². The number of nitrogens with zero attached hydrogens (tertiary/aromatic N) is 1. The summed E-state index contributed by atoms with van der Waals surface area (Å²) in [4.78, 5) is 82.7. The lowest BCUT2D eigenvalue weighted by Gasteiger charge is -2.66. The van der Waals surface area contributed by atoms with Gasteiger partial charge >= 0.3 is 35.8 Å². The zero-order valence-electron chi connectivity index (χ0n) is 28.5. The van der Waals surface area contributed by atoms with E-state index in [4.69, 9.17) is 37.6 Å². The monoisotopic (exact) mass is 701 g/mol. The van der Waals surface area contributed by atoms with Gasteiger partial charge in [-0.05, 0) is 39.0 Å². The van der Waals surface area contributed by atoms with Gasteiger partial charge in [0.1, 0.15) is 36.6 Å². The van der Waals surface area contributed by atoms with Crippen molar-refractivity contribution in [2.24, 2.45) is 11.3 Å². The van der Waals surface area contributed by atoms with Crippen LogP contribution >= 0.6 is 0 Å². The number of aromatic nitrogens is 1. The maximum Gasteiger partial charge on any atom is 0.341 e. The Hall–Kier alpha value is -4.83. The molecule has 5 rings (SSSR count). The number of hydrogen-bond acceptors (Lipinski definition) is 16. The molecule has 2 aliphatic carbocycles. The van der Waals surface area contributed by atoms with E-state index in [-0.39, 0.29) is 11.1 Å². The molecule has 1 N–H and O–H groups in total. The standard InChI is InChI=1S/C34H39NO15/c1-17(36)45-23-13-32(7,42)34-27(48-20(4)39)24(31(5,6)50-34)25(46-18(2)37)28(49-30(41)22-10-12-43-15-22)33(34,26(23)47-19(3)38)16-44-29(40)21-9-8-11-35-14-21/h8-12,14-15,23-28,42H,13,16H2,1-7H3/t23-,24+,25+,26-,27+,28-,32-,33-,34-/m0/s1. The normalized spacial score (nSPS) is 33.6. The molecule has 0 aromatic carbocycles. The Morgan fingerprint density at radius 3 is 2.02 bits per heavy atom. The van der Waals surface area contributed by atoms with Crippen molar-refractivity contribution >= 4 is 35.8 Å². The van der Waals surface area contributed by atoms with Crippen molar-refractivity contribution in [2.75, 3.05) is 6.61 Å². The number of fused-ring (bicyclic) bond motifs is 1. The summed E-state index contributed by atoms with van der Waals surface area (Å²) < 4.78 is 47.5. The van der Waals surface area contributed by atoms with Crippen molar-refractivity contribution in [1.29, 1.82) is 0 Å². The molecule has 16 nitrogen and oxygen atoms in total. The van der Waals surface area contributed by atoms with E-state index in [9.17, 15) is 33.9 Å². The molecule has 0 unspecified atom stereocenters. The molecule has 1 aliphatic heterocycles. The summed E-state index contributed by atoms with van der Waals surface area (Å²) in [5.41, 5.74) is -8.41. The summed E-state index contributed by atoms with van der Waals surface area (Å²) in [6, 6.07) is 4.20. The molecule has 1 saturated heterocycles. The predicted molar refractivity (Wildman–Crippen MR) is 164 cm³/mol. The van der Waals surface area contributed by atoms with E-state index in [1.54, 1.807) is 13.8 Å². The molecular formula is C34H39NO15. The van der Waals surface area contributed by atoms with Crippen molar-refractivity contribution in [3.8, 4) is 0 Å². The lowest BCUT2D eigenvalue weighted by atomic mass is 9.45. The van der Waals surface area contributed by atoms with Crippen LogP contribution in [0.5, 0.6) is 0 Å². The molecule has 2 saturated carbocycles. The van der Waals surface area contributed by atoms with Crippen LogP contribution in [0.4, 0.5) is 0 Å². The van der Waals surface area contributed by atoms with Crippen molar-refractivity contribution in [2.45, 2.75) is 102 Å². The van der Waals surface area contributed by atoms with Crippen molar-refractivity contribution in [1.82, 2.24) is 4.98 Å². The number of carbonyl (C=O) groups is 6. The Bertz CT molecular complexity index is 1650. The molecular weight excluding hydrogens is 662 g/mol. The molecule has 2 bridgehead atoms. The first kappa shape index (κ1) is 36.5. The first-order chi connectivity index (χ1) is 23.4. The molecule has 50 heavy (non-hydrogen) atoms. The number of aliphatic hydroxyl groups is 1. The Morgan fingerprint density at radius 1 is 0.820 bits per heavy atom. The van der Waals surface area contributed by atoms with Gasteiger partial charge in [-0.3, -0.25) is 24.2 Å². The van der Waals surface area contributed by atoms with E-state index < -0.39 is 107 Å². The smallest absolute Gasteiger partial charge is 0.341 e. The lowest BCUT2D eigenvalue weighted by Crippen LogP contribution is -2.85. The van der Waals surface area contributed by atoms with Crippen LogP contribution in [0.15, 0.2) is 47.5 Å². The summed E-state index contributed by atoms with van der Waals surface area (Å²) >= 11 is 0. The van der Waals surface area contributed by atoms with Crippen LogP contribution in [0.25, 0.3) is 0 Å². The average Bonchev–Trinajstić information content (AvgIpc) is 3.61. The molecule has 0 radical (unpaired) electrons. The van der Waals surface area contributed by atoms with Gasteiger partial charge in [0, 0.05) is 46.5 Å². The van der Waals surface area contributed by atoms with Gasteiger partial charge in [0.25, 0.3) is 0 Å². The van der Waals surface area contributed by atoms with Crippen molar-refractivity contribution < 1.29 is 71.4 Å². The van der Waals surface area contributed by atoms with E-state index in [2.05, 4.69) is 4.98 Å². The number of furan rings is 1. The molecule has 3 fully saturated rings. The number of rotatable bonds is 9. The fourth-order valence-electron chi connectivity index (χ4n) is 8.15. The molecule has 16 heteroatoms. The Labute approximate surface area is 286 Å². The number of hydrogen-bond donors (Lipinski definition) is 1. The van der Waals surface area contributed by atoms with Crippen LogP contribution in [0, 0.1) is 11.3 Å². The Kier molecular flexibility index (Phi) is 9.57. The van der Waals surface area contributed by atoms with E-state index >= 15 is 0 Å². The first-order valence-electron chi connectivity index (χ1n) is 15.8.